The minimum atomic E-state index is -0.379. The number of benzene rings is 4. The van der Waals surface area contributed by atoms with E-state index < -0.39 is 0 Å². The SMILES string of the molecule is C=C/C=C(\C=C)c1nc(-n2c(=O)c3ccccc3n3c(=O)c4ccccc4nc23)nc2c1ccc1ccccc12. The Labute approximate surface area is 227 Å². The van der Waals surface area contributed by atoms with Gasteiger partial charge in [0.2, 0.25) is 11.7 Å². The van der Waals surface area contributed by atoms with Crippen LogP contribution in [0.4, 0.5) is 0 Å². The number of aromatic nitrogens is 5. The zero-order valence-electron chi connectivity index (χ0n) is 21.3. The molecule has 0 spiro atoms. The van der Waals surface area contributed by atoms with Crippen molar-refractivity contribution in [3.63, 3.8) is 0 Å². The van der Waals surface area contributed by atoms with Crippen molar-refractivity contribution >= 4 is 54.8 Å². The van der Waals surface area contributed by atoms with Crippen LogP contribution >= 0.6 is 0 Å². The second kappa shape index (κ2) is 8.96. The predicted octanol–water partition coefficient (Wildman–Crippen LogP) is 6.00. The Kier molecular flexibility index (Phi) is 5.25. The van der Waals surface area contributed by atoms with Gasteiger partial charge in [0.25, 0.3) is 11.1 Å². The lowest BCUT2D eigenvalue weighted by atomic mass is 10.0. The van der Waals surface area contributed by atoms with Crippen LogP contribution in [0.5, 0.6) is 0 Å². The number of hydrogen-bond donors (Lipinski definition) is 0. The molecule has 0 aliphatic rings. The van der Waals surface area contributed by atoms with E-state index in [9.17, 15) is 9.59 Å². The van der Waals surface area contributed by atoms with Crippen molar-refractivity contribution in [2.45, 2.75) is 0 Å². The first-order chi connectivity index (χ1) is 19.6. The van der Waals surface area contributed by atoms with Crippen LogP contribution in [-0.4, -0.2) is 23.9 Å². The van der Waals surface area contributed by atoms with Crippen molar-refractivity contribution in [2.24, 2.45) is 0 Å². The quantitative estimate of drug-likeness (QED) is 0.162. The van der Waals surface area contributed by atoms with Gasteiger partial charge in [-0.05, 0) is 35.7 Å². The molecule has 7 aromatic rings. The molecule has 0 aliphatic carbocycles. The maximum atomic E-state index is 14.1. The molecule has 0 atom stereocenters. The summed E-state index contributed by atoms with van der Waals surface area (Å²) in [6.07, 6.45) is 5.17. The normalized spacial score (nSPS) is 12.1. The van der Waals surface area contributed by atoms with Gasteiger partial charge in [-0.25, -0.2) is 23.9 Å². The zero-order valence-corrected chi connectivity index (χ0v) is 21.3. The fraction of sp³-hybridized carbons (Fsp3) is 0. The first-order valence-corrected chi connectivity index (χ1v) is 12.7. The highest BCUT2D eigenvalue weighted by Gasteiger charge is 2.21. The third-order valence-electron chi connectivity index (χ3n) is 7.11. The lowest BCUT2D eigenvalue weighted by Gasteiger charge is -2.15. The summed E-state index contributed by atoms with van der Waals surface area (Å²) in [5.74, 6) is 0.233. The molecule has 4 aromatic carbocycles. The summed E-state index contributed by atoms with van der Waals surface area (Å²) in [6.45, 7) is 7.82. The number of para-hydroxylation sites is 2. The smallest absolute Gasteiger partial charge is 0.268 e. The van der Waals surface area contributed by atoms with Crippen molar-refractivity contribution in [2.75, 3.05) is 0 Å². The lowest BCUT2D eigenvalue weighted by Crippen LogP contribution is -2.29. The molecule has 7 rings (SSSR count). The van der Waals surface area contributed by atoms with E-state index in [1.165, 1.54) is 8.97 Å². The number of rotatable bonds is 4. The highest BCUT2D eigenvalue weighted by atomic mass is 16.1. The van der Waals surface area contributed by atoms with E-state index >= 15 is 0 Å². The maximum Gasteiger partial charge on any atom is 0.269 e. The van der Waals surface area contributed by atoms with Crippen molar-refractivity contribution in [3.8, 4) is 5.95 Å². The summed E-state index contributed by atoms with van der Waals surface area (Å²) in [4.78, 5) is 42.6. The second-order valence-electron chi connectivity index (χ2n) is 9.34. The molecule has 0 saturated heterocycles. The standard InChI is InChI=1S/C33H21N5O2/c1-3-11-20(4-2)28-25-19-18-21-12-5-6-13-22(21)29(25)36-32(35-28)38-31(40)24-15-8-10-17-27(24)37-30(39)23-14-7-9-16-26(23)34-33(37)38/h3-19H,1-2H2/b20-11+. The van der Waals surface area contributed by atoms with Gasteiger partial charge in [-0.3, -0.25) is 9.59 Å². The van der Waals surface area contributed by atoms with Gasteiger partial charge in [-0.1, -0.05) is 86.0 Å². The molecule has 3 heterocycles. The van der Waals surface area contributed by atoms with Crippen LogP contribution in [-0.2, 0) is 0 Å². The van der Waals surface area contributed by atoms with E-state index in [1.807, 2.05) is 48.5 Å². The Morgan fingerprint density at radius 2 is 1.43 bits per heavy atom. The summed E-state index contributed by atoms with van der Waals surface area (Å²) in [7, 11) is 0. The van der Waals surface area contributed by atoms with Gasteiger partial charge in [0.05, 0.1) is 33.0 Å². The molecule has 7 heteroatoms. The molecule has 190 valence electrons. The summed E-state index contributed by atoms with van der Waals surface area (Å²) in [5, 5.41) is 3.49. The van der Waals surface area contributed by atoms with Gasteiger partial charge < -0.3 is 0 Å². The fourth-order valence-electron chi connectivity index (χ4n) is 5.27. The molecule has 0 unspecified atom stereocenters. The van der Waals surface area contributed by atoms with Gasteiger partial charge in [-0.15, -0.1) is 0 Å². The highest BCUT2D eigenvalue weighted by Crippen LogP contribution is 2.30. The average Bonchev–Trinajstić information content (AvgIpc) is 2.99. The number of hydrogen-bond acceptors (Lipinski definition) is 5. The van der Waals surface area contributed by atoms with Crippen LogP contribution in [0.3, 0.4) is 0 Å². The van der Waals surface area contributed by atoms with Gasteiger partial charge in [0, 0.05) is 16.3 Å². The van der Waals surface area contributed by atoms with E-state index in [1.54, 1.807) is 54.6 Å². The Morgan fingerprint density at radius 3 is 2.23 bits per heavy atom. The molecule has 0 amide bonds. The predicted molar refractivity (Wildman–Crippen MR) is 161 cm³/mol. The van der Waals surface area contributed by atoms with Crippen LogP contribution in [0.15, 0.2) is 126 Å². The van der Waals surface area contributed by atoms with Gasteiger partial charge in [0.1, 0.15) is 0 Å². The van der Waals surface area contributed by atoms with Crippen molar-refractivity contribution < 1.29 is 0 Å². The van der Waals surface area contributed by atoms with Crippen molar-refractivity contribution in [1.82, 2.24) is 23.9 Å². The second-order valence-corrected chi connectivity index (χ2v) is 9.34. The Hall–Kier alpha value is -5.69. The Bertz CT molecular complexity index is 2360. The molecular formula is C33H21N5O2. The molecule has 0 saturated carbocycles. The van der Waals surface area contributed by atoms with Crippen LogP contribution < -0.4 is 11.1 Å². The highest BCUT2D eigenvalue weighted by molar-refractivity contribution is 6.08. The number of nitrogens with zero attached hydrogens (tertiary/aromatic N) is 5. The minimum Gasteiger partial charge on any atom is -0.268 e. The molecule has 0 radical (unpaired) electrons. The maximum absolute atomic E-state index is 14.1. The third-order valence-corrected chi connectivity index (χ3v) is 7.11. The summed E-state index contributed by atoms with van der Waals surface area (Å²) in [5.41, 5.74) is 2.24. The van der Waals surface area contributed by atoms with Crippen molar-refractivity contribution in [3.05, 3.63) is 143 Å². The fourth-order valence-corrected chi connectivity index (χ4v) is 5.27. The zero-order chi connectivity index (χ0) is 27.4. The minimum absolute atomic E-state index is 0.103. The first-order valence-electron chi connectivity index (χ1n) is 12.7. The molecule has 0 aliphatic heterocycles. The molecule has 0 fully saturated rings. The topological polar surface area (TPSA) is 82.1 Å². The van der Waals surface area contributed by atoms with E-state index in [0.717, 1.165) is 16.2 Å². The van der Waals surface area contributed by atoms with Gasteiger partial charge in [-0.2, -0.15) is 0 Å². The molecule has 40 heavy (non-hydrogen) atoms. The van der Waals surface area contributed by atoms with Gasteiger partial charge >= 0.3 is 0 Å². The van der Waals surface area contributed by atoms with Gasteiger partial charge in [0.15, 0.2) is 0 Å². The number of allylic oxidation sites excluding steroid dienone is 4. The average molecular weight is 520 g/mol. The Balaban J connectivity index is 1.74. The lowest BCUT2D eigenvalue weighted by molar-refractivity contribution is 0.878. The molecule has 0 N–H and O–H groups in total. The van der Waals surface area contributed by atoms with E-state index in [-0.39, 0.29) is 22.8 Å². The van der Waals surface area contributed by atoms with E-state index in [2.05, 4.69) is 13.2 Å². The van der Waals surface area contributed by atoms with E-state index in [4.69, 9.17) is 15.0 Å². The summed E-state index contributed by atoms with van der Waals surface area (Å²) in [6, 6.07) is 26.0. The van der Waals surface area contributed by atoms with E-state index in [0.29, 0.717) is 38.6 Å². The molecule has 0 bridgehead atoms. The number of fused-ring (bicyclic) bond motifs is 7. The monoisotopic (exact) mass is 519 g/mol. The van der Waals surface area contributed by atoms with Crippen LogP contribution in [0.25, 0.3) is 60.8 Å². The molecular weight excluding hydrogens is 498 g/mol. The first kappa shape index (κ1) is 23.4. The largest absolute Gasteiger partial charge is 0.269 e. The van der Waals surface area contributed by atoms with Crippen LogP contribution in [0.2, 0.25) is 0 Å². The van der Waals surface area contributed by atoms with Crippen LogP contribution in [0.1, 0.15) is 5.69 Å². The van der Waals surface area contributed by atoms with Crippen LogP contribution in [0, 0.1) is 0 Å². The summed E-state index contributed by atoms with van der Waals surface area (Å²) < 4.78 is 2.79. The third kappa shape index (κ3) is 3.34. The molecule has 7 nitrogen and oxygen atoms in total. The van der Waals surface area contributed by atoms with Crippen molar-refractivity contribution in [1.29, 1.82) is 0 Å². The summed E-state index contributed by atoms with van der Waals surface area (Å²) >= 11 is 0. The Morgan fingerprint density at radius 1 is 0.700 bits per heavy atom. The molecule has 3 aromatic heterocycles.